The van der Waals surface area contributed by atoms with Crippen molar-refractivity contribution in [3.05, 3.63) is 65.9 Å². The van der Waals surface area contributed by atoms with E-state index in [1.807, 2.05) is 18.5 Å². The van der Waals surface area contributed by atoms with Gasteiger partial charge >= 0.3 is 0 Å². The number of hydrazone groups is 1. The molecule has 3 aromatic rings. The average molecular weight is 384 g/mol. The van der Waals surface area contributed by atoms with Gasteiger partial charge in [0.2, 0.25) is 5.91 Å². The first-order chi connectivity index (χ1) is 14.1. The number of rotatable bonds is 4. The van der Waals surface area contributed by atoms with Gasteiger partial charge in [-0.25, -0.2) is 5.01 Å². The summed E-state index contributed by atoms with van der Waals surface area (Å²) in [5.41, 5.74) is 3.62. The first-order valence-corrected chi connectivity index (χ1v) is 10.4. The van der Waals surface area contributed by atoms with Gasteiger partial charge in [0.1, 0.15) is 0 Å². The largest absolute Gasteiger partial charge is 0.272 e. The molecule has 0 saturated heterocycles. The van der Waals surface area contributed by atoms with Crippen LogP contribution in [0, 0.1) is 17.8 Å². The Morgan fingerprint density at radius 2 is 1.86 bits per heavy atom. The molecule has 2 aromatic carbocycles. The summed E-state index contributed by atoms with van der Waals surface area (Å²) >= 11 is 0. The van der Waals surface area contributed by atoms with Gasteiger partial charge in [-0.15, -0.1) is 0 Å². The van der Waals surface area contributed by atoms with E-state index in [0.717, 1.165) is 32.2 Å². The fourth-order valence-corrected chi connectivity index (χ4v) is 5.78. The van der Waals surface area contributed by atoms with Crippen LogP contribution in [0.5, 0.6) is 0 Å². The Kier molecular flexibility index (Phi) is 3.38. The number of carbonyl (C=O) groups excluding carboxylic acids is 1. The number of amides is 1. The van der Waals surface area contributed by atoms with E-state index in [2.05, 4.69) is 64.3 Å². The number of para-hydroxylation sites is 1. The van der Waals surface area contributed by atoms with Gasteiger partial charge in [-0.05, 0) is 43.2 Å². The molecular weight excluding hydrogens is 360 g/mol. The molecule has 7 rings (SSSR count). The number of aromatic nitrogens is 2. The number of benzene rings is 2. The summed E-state index contributed by atoms with van der Waals surface area (Å²) in [6.45, 7) is 2.99. The number of hydrogen-bond donors (Lipinski definition) is 0. The van der Waals surface area contributed by atoms with Gasteiger partial charge in [-0.1, -0.05) is 48.0 Å². The highest BCUT2D eigenvalue weighted by atomic mass is 16.2. The van der Waals surface area contributed by atoms with Crippen molar-refractivity contribution in [2.24, 2.45) is 15.9 Å². The molecule has 1 aromatic heterocycles. The van der Waals surface area contributed by atoms with E-state index < -0.39 is 0 Å². The summed E-state index contributed by atoms with van der Waals surface area (Å²) in [5, 5.41) is 12.0. The number of aryl methyl sites for hydroxylation is 1. The van der Waals surface area contributed by atoms with Gasteiger partial charge in [0.05, 0.1) is 23.2 Å². The van der Waals surface area contributed by atoms with Gasteiger partial charge in [-0.3, -0.25) is 9.48 Å². The first kappa shape index (κ1) is 17.0. The second kappa shape index (κ2) is 5.78. The molecule has 2 bridgehead atoms. The standard InChI is InChI=1S/C24H24N4O/c1-17-6-8-18(9-7-17)21-10-11-25-28(21)22(29)24-13-23(14-24,15-24)16-27-20-5-3-2-4-19(20)12-26-27/h2-9,11-12,21H,10,13-16H2,1H3. The van der Waals surface area contributed by atoms with Crippen LogP contribution in [0.2, 0.25) is 0 Å². The third-order valence-corrected chi connectivity index (χ3v) is 7.13. The van der Waals surface area contributed by atoms with Crippen LogP contribution in [-0.2, 0) is 11.3 Å². The summed E-state index contributed by atoms with van der Waals surface area (Å²) in [6, 6.07) is 16.9. The van der Waals surface area contributed by atoms with Gasteiger partial charge in [0.25, 0.3) is 0 Å². The molecule has 146 valence electrons. The second-order valence-corrected chi connectivity index (χ2v) is 9.28. The number of fused-ring (bicyclic) bond motifs is 1. The predicted octanol–water partition coefficient (Wildman–Crippen LogP) is 4.47. The second-order valence-electron chi connectivity index (χ2n) is 9.28. The van der Waals surface area contributed by atoms with E-state index in [-0.39, 0.29) is 22.8 Å². The van der Waals surface area contributed by atoms with Crippen LogP contribution >= 0.6 is 0 Å². The molecule has 2 heterocycles. The van der Waals surface area contributed by atoms with Crippen molar-refractivity contribution < 1.29 is 4.79 Å². The normalized spacial score (nSPS) is 29.7. The SMILES string of the molecule is Cc1ccc(C2CC=NN2C(=O)C23CC(Cn4ncc5ccccc54)(C2)C3)cc1. The van der Waals surface area contributed by atoms with Crippen molar-refractivity contribution in [3.63, 3.8) is 0 Å². The molecule has 3 saturated carbocycles. The zero-order chi connectivity index (χ0) is 19.6. The van der Waals surface area contributed by atoms with Crippen molar-refractivity contribution in [2.45, 2.75) is 45.2 Å². The molecule has 1 aliphatic heterocycles. The molecule has 5 nitrogen and oxygen atoms in total. The van der Waals surface area contributed by atoms with Gasteiger partial charge in [0, 0.05) is 24.6 Å². The van der Waals surface area contributed by atoms with Gasteiger partial charge < -0.3 is 0 Å². The monoisotopic (exact) mass is 384 g/mol. The maximum Gasteiger partial charge on any atom is 0.249 e. The predicted molar refractivity (Wildman–Crippen MR) is 112 cm³/mol. The lowest BCUT2D eigenvalue weighted by Gasteiger charge is -2.69. The van der Waals surface area contributed by atoms with Crippen LogP contribution in [0.25, 0.3) is 10.9 Å². The minimum Gasteiger partial charge on any atom is -0.272 e. The summed E-state index contributed by atoms with van der Waals surface area (Å²) in [4.78, 5) is 13.4. The van der Waals surface area contributed by atoms with Gasteiger partial charge in [0.15, 0.2) is 0 Å². The van der Waals surface area contributed by atoms with E-state index >= 15 is 0 Å². The fourth-order valence-electron chi connectivity index (χ4n) is 5.78. The van der Waals surface area contributed by atoms with Crippen molar-refractivity contribution in [1.29, 1.82) is 0 Å². The lowest BCUT2D eigenvalue weighted by atomic mass is 9.34. The van der Waals surface area contributed by atoms with Crippen molar-refractivity contribution in [2.75, 3.05) is 0 Å². The minimum atomic E-state index is -0.201. The van der Waals surface area contributed by atoms with Crippen LogP contribution in [-0.4, -0.2) is 26.9 Å². The fraction of sp³-hybridized carbons (Fsp3) is 0.375. The Balaban J connectivity index is 1.17. The smallest absolute Gasteiger partial charge is 0.249 e. The number of carbonyl (C=O) groups is 1. The van der Waals surface area contributed by atoms with E-state index in [4.69, 9.17) is 0 Å². The topological polar surface area (TPSA) is 50.5 Å². The lowest BCUT2D eigenvalue weighted by Crippen LogP contribution is -2.68. The molecule has 3 aliphatic carbocycles. The molecule has 0 spiro atoms. The van der Waals surface area contributed by atoms with Gasteiger partial charge in [-0.2, -0.15) is 10.2 Å². The van der Waals surface area contributed by atoms with E-state index in [9.17, 15) is 4.79 Å². The Morgan fingerprint density at radius 3 is 2.66 bits per heavy atom. The van der Waals surface area contributed by atoms with Crippen molar-refractivity contribution in [3.8, 4) is 0 Å². The summed E-state index contributed by atoms with van der Waals surface area (Å²) in [7, 11) is 0. The zero-order valence-electron chi connectivity index (χ0n) is 16.6. The Morgan fingerprint density at radius 1 is 1.10 bits per heavy atom. The van der Waals surface area contributed by atoms with E-state index in [0.29, 0.717) is 0 Å². The summed E-state index contributed by atoms with van der Waals surface area (Å²) < 4.78 is 2.12. The lowest BCUT2D eigenvalue weighted by molar-refractivity contribution is -0.223. The first-order valence-electron chi connectivity index (χ1n) is 10.4. The summed E-state index contributed by atoms with van der Waals surface area (Å²) in [5.74, 6) is 0.212. The summed E-state index contributed by atoms with van der Waals surface area (Å²) in [6.07, 6.45) is 7.50. The Bertz CT molecular complexity index is 1120. The van der Waals surface area contributed by atoms with Crippen molar-refractivity contribution >= 4 is 23.0 Å². The highest BCUT2D eigenvalue weighted by Gasteiger charge is 2.72. The molecule has 1 atom stereocenters. The zero-order valence-corrected chi connectivity index (χ0v) is 16.6. The molecule has 0 N–H and O–H groups in total. The third kappa shape index (κ3) is 2.43. The van der Waals surface area contributed by atoms with E-state index in [1.54, 1.807) is 5.01 Å². The van der Waals surface area contributed by atoms with Crippen LogP contribution in [0.3, 0.4) is 0 Å². The molecule has 3 fully saturated rings. The number of hydrogen-bond acceptors (Lipinski definition) is 3. The third-order valence-electron chi connectivity index (χ3n) is 7.13. The maximum atomic E-state index is 13.4. The highest BCUT2D eigenvalue weighted by Crippen LogP contribution is 2.74. The molecule has 4 aliphatic rings. The minimum absolute atomic E-state index is 0.0446. The average Bonchev–Trinajstić information content (AvgIpc) is 3.31. The van der Waals surface area contributed by atoms with Crippen LogP contribution in [0.15, 0.2) is 59.8 Å². The quantitative estimate of drug-likeness (QED) is 0.666. The van der Waals surface area contributed by atoms with E-state index in [1.165, 1.54) is 22.0 Å². The van der Waals surface area contributed by atoms with Crippen LogP contribution < -0.4 is 0 Å². The number of nitrogens with zero attached hydrogens (tertiary/aromatic N) is 4. The molecule has 5 heteroatoms. The van der Waals surface area contributed by atoms with Crippen molar-refractivity contribution in [1.82, 2.24) is 14.8 Å². The van der Waals surface area contributed by atoms with Crippen LogP contribution in [0.1, 0.15) is 42.9 Å². The molecular formula is C24H24N4O. The Labute approximate surface area is 170 Å². The molecule has 29 heavy (non-hydrogen) atoms. The Hall–Kier alpha value is -2.95. The molecule has 1 amide bonds. The molecule has 0 radical (unpaired) electrons. The highest BCUT2D eigenvalue weighted by molar-refractivity contribution is 5.88. The molecule has 1 unspecified atom stereocenters. The maximum absolute atomic E-state index is 13.4. The van der Waals surface area contributed by atoms with Crippen LogP contribution in [0.4, 0.5) is 0 Å².